The number of nitrogens with two attached hydrogens (primary N) is 1. The van der Waals surface area contributed by atoms with Gasteiger partial charge >= 0.3 is 0 Å². The molecule has 1 heterocycles. The molecule has 0 fully saturated rings. The second-order valence-electron chi connectivity index (χ2n) is 4.67. The van der Waals surface area contributed by atoms with Gasteiger partial charge in [0.15, 0.2) is 11.9 Å². The topological polar surface area (TPSA) is 93.4 Å². The van der Waals surface area contributed by atoms with Crippen LogP contribution >= 0.6 is 0 Å². The number of nitrogens with one attached hydrogen (secondary N) is 2. The highest BCUT2D eigenvalue weighted by molar-refractivity contribution is 6.03. The Labute approximate surface area is 119 Å². The molecule has 0 saturated heterocycles. The third kappa shape index (κ3) is 3.27. The van der Waals surface area contributed by atoms with Crippen LogP contribution in [0.1, 0.15) is 17.3 Å². The van der Waals surface area contributed by atoms with Crippen LogP contribution in [0.4, 0.5) is 14.5 Å². The molecule has 0 saturated carbocycles. The fraction of sp³-hybridized carbons (Fsp3) is 0.385. The summed E-state index contributed by atoms with van der Waals surface area (Å²) in [6.45, 7) is -0.201. The average Bonchev–Trinajstić information content (AvgIpc) is 2.45. The van der Waals surface area contributed by atoms with E-state index in [0.29, 0.717) is 5.69 Å². The third-order valence-electron chi connectivity index (χ3n) is 2.99. The molecule has 21 heavy (non-hydrogen) atoms. The Morgan fingerprint density at radius 2 is 2.24 bits per heavy atom. The molecule has 6 nitrogen and oxygen atoms in total. The summed E-state index contributed by atoms with van der Waals surface area (Å²) in [5, 5.41) is 4.68. The number of para-hydroxylation sites is 1. The molecular weight excluding hydrogens is 284 g/mol. The number of benzene rings is 1. The zero-order valence-electron chi connectivity index (χ0n) is 11.3. The molecular formula is C13H15F2N3O3. The first kappa shape index (κ1) is 15.2. The molecule has 1 aromatic carbocycles. The quantitative estimate of drug-likeness (QED) is 0.764. The van der Waals surface area contributed by atoms with E-state index in [1.54, 1.807) is 6.07 Å². The van der Waals surface area contributed by atoms with Gasteiger partial charge in [0, 0.05) is 0 Å². The number of hydrogen-bond acceptors (Lipinski definition) is 4. The van der Waals surface area contributed by atoms with Gasteiger partial charge in [-0.3, -0.25) is 9.59 Å². The van der Waals surface area contributed by atoms with Crippen LogP contribution in [0, 0.1) is 0 Å². The summed E-state index contributed by atoms with van der Waals surface area (Å²) in [5.41, 5.74) is 5.31. The molecule has 1 atom stereocenters. The lowest BCUT2D eigenvalue weighted by molar-refractivity contribution is -0.122. The molecule has 114 valence electrons. The highest BCUT2D eigenvalue weighted by Gasteiger charge is 2.30. The van der Waals surface area contributed by atoms with E-state index in [9.17, 15) is 18.4 Å². The number of carbonyl (C=O) groups excluding carboxylic acids is 2. The van der Waals surface area contributed by atoms with Gasteiger partial charge < -0.3 is 21.1 Å². The van der Waals surface area contributed by atoms with Crippen LogP contribution in [0.2, 0.25) is 0 Å². The summed E-state index contributed by atoms with van der Waals surface area (Å²) in [6, 6.07) is 4.51. The Hall–Kier alpha value is -2.22. The molecule has 1 aliphatic heterocycles. The maximum absolute atomic E-state index is 13.1. The summed E-state index contributed by atoms with van der Waals surface area (Å²) >= 11 is 0. The van der Waals surface area contributed by atoms with Crippen molar-refractivity contribution < 1.29 is 23.1 Å². The third-order valence-corrected chi connectivity index (χ3v) is 2.99. The molecule has 0 spiro atoms. The van der Waals surface area contributed by atoms with Crippen LogP contribution in [0.3, 0.4) is 0 Å². The summed E-state index contributed by atoms with van der Waals surface area (Å²) < 4.78 is 31.5. The van der Waals surface area contributed by atoms with Crippen molar-refractivity contribution in [2.75, 3.05) is 18.4 Å². The molecule has 1 aromatic rings. The molecule has 0 aromatic heterocycles. The van der Waals surface area contributed by atoms with E-state index in [1.807, 2.05) is 0 Å². The molecule has 1 unspecified atom stereocenters. The Bertz CT molecular complexity index is 578. The second-order valence-corrected chi connectivity index (χ2v) is 4.67. The van der Waals surface area contributed by atoms with E-state index < -0.39 is 31.0 Å². The summed E-state index contributed by atoms with van der Waals surface area (Å²) in [6.07, 6.45) is -0.767. The Kier molecular flexibility index (Phi) is 4.08. The number of anilines is 1. The van der Waals surface area contributed by atoms with Gasteiger partial charge in [-0.25, -0.2) is 8.78 Å². The number of rotatable bonds is 4. The predicted molar refractivity (Wildman–Crippen MR) is 71.5 cm³/mol. The lowest BCUT2D eigenvalue weighted by Crippen LogP contribution is -2.42. The van der Waals surface area contributed by atoms with E-state index >= 15 is 0 Å². The van der Waals surface area contributed by atoms with Crippen molar-refractivity contribution in [3.05, 3.63) is 23.8 Å². The maximum Gasteiger partial charge on any atom is 0.277 e. The highest BCUT2D eigenvalue weighted by atomic mass is 19.3. The SMILES string of the molecule is CC1Oc2c(cccc2C(=O)NCC(F)(F)CN)NC1=O. The van der Waals surface area contributed by atoms with Crippen molar-refractivity contribution in [2.45, 2.75) is 19.0 Å². The highest BCUT2D eigenvalue weighted by Crippen LogP contribution is 2.33. The van der Waals surface area contributed by atoms with Crippen molar-refractivity contribution in [1.82, 2.24) is 5.32 Å². The molecule has 8 heteroatoms. The van der Waals surface area contributed by atoms with Gasteiger partial charge in [0.1, 0.15) is 0 Å². The van der Waals surface area contributed by atoms with Crippen LogP contribution < -0.4 is 21.1 Å². The predicted octanol–water partition coefficient (Wildman–Crippen LogP) is 0.730. The van der Waals surface area contributed by atoms with Gasteiger partial charge in [0.2, 0.25) is 0 Å². The average molecular weight is 299 g/mol. The zero-order valence-corrected chi connectivity index (χ0v) is 11.3. The second kappa shape index (κ2) is 5.65. The van der Waals surface area contributed by atoms with Crippen LogP contribution in [0.5, 0.6) is 5.75 Å². The van der Waals surface area contributed by atoms with E-state index in [0.717, 1.165) is 0 Å². The molecule has 0 aliphatic carbocycles. The van der Waals surface area contributed by atoms with Crippen molar-refractivity contribution in [3.8, 4) is 5.75 Å². The summed E-state index contributed by atoms with van der Waals surface area (Å²) in [4.78, 5) is 23.5. The van der Waals surface area contributed by atoms with Crippen molar-refractivity contribution in [3.63, 3.8) is 0 Å². The number of carbonyl (C=O) groups is 2. The number of fused-ring (bicyclic) bond motifs is 1. The van der Waals surface area contributed by atoms with Gasteiger partial charge in [0.25, 0.3) is 17.7 Å². The van der Waals surface area contributed by atoms with Gasteiger partial charge in [-0.2, -0.15) is 0 Å². The number of amides is 2. The van der Waals surface area contributed by atoms with Crippen molar-refractivity contribution >= 4 is 17.5 Å². The maximum atomic E-state index is 13.1. The first-order valence-electron chi connectivity index (χ1n) is 6.30. The van der Waals surface area contributed by atoms with E-state index in [1.165, 1.54) is 19.1 Å². The monoisotopic (exact) mass is 299 g/mol. The summed E-state index contributed by atoms with van der Waals surface area (Å²) in [5.74, 6) is -4.07. The van der Waals surface area contributed by atoms with Gasteiger partial charge in [-0.05, 0) is 19.1 Å². The fourth-order valence-electron chi connectivity index (χ4n) is 1.78. The van der Waals surface area contributed by atoms with Crippen LogP contribution in [0.25, 0.3) is 0 Å². The van der Waals surface area contributed by atoms with Crippen LogP contribution in [0.15, 0.2) is 18.2 Å². The minimum absolute atomic E-state index is 0.0761. The molecule has 2 rings (SSSR count). The first-order valence-corrected chi connectivity index (χ1v) is 6.30. The number of ether oxygens (including phenoxy) is 1. The first-order chi connectivity index (χ1) is 9.84. The number of hydrogen-bond donors (Lipinski definition) is 3. The molecule has 2 amide bonds. The number of alkyl halides is 2. The van der Waals surface area contributed by atoms with Crippen LogP contribution in [-0.2, 0) is 4.79 Å². The fourth-order valence-corrected chi connectivity index (χ4v) is 1.78. The van der Waals surface area contributed by atoms with Crippen molar-refractivity contribution in [1.29, 1.82) is 0 Å². The van der Waals surface area contributed by atoms with Crippen molar-refractivity contribution in [2.24, 2.45) is 5.73 Å². The molecule has 0 bridgehead atoms. The minimum Gasteiger partial charge on any atom is -0.478 e. The minimum atomic E-state index is -3.17. The molecule has 0 radical (unpaired) electrons. The lowest BCUT2D eigenvalue weighted by Gasteiger charge is -2.25. The van der Waals surface area contributed by atoms with E-state index in [4.69, 9.17) is 10.5 Å². The smallest absolute Gasteiger partial charge is 0.277 e. The van der Waals surface area contributed by atoms with Gasteiger partial charge in [-0.15, -0.1) is 0 Å². The van der Waals surface area contributed by atoms with E-state index in [-0.39, 0.29) is 17.2 Å². The van der Waals surface area contributed by atoms with Gasteiger partial charge in [0.05, 0.1) is 24.3 Å². The van der Waals surface area contributed by atoms with Crippen LogP contribution in [-0.4, -0.2) is 36.9 Å². The summed E-state index contributed by atoms with van der Waals surface area (Å²) in [7, 11) is 0. The van der Waals surface area contributed by atoms with Gasteiger partial charge in [-0.1, -0.05) is 6.07 Å². The zero-order chi connectivity index (χ0) is 15.6. The normalized spacial score (nSPS) is 17.5. The molecule has 4 N–H and O–H groups in total. The lowest BCUT2D eigenvalue weighted by atomic mass is 10.1. The Morgan fingerprint density at radius 1 is 1.52 bits per heavy atom. The standard InChI is InChI=1S/C13H15F2N3O3/c1-7-11(19)18-9-4-2-3-8(10(9)21-7)12(20)17-6-13(14,15)5-16/h2-4,7H,5-6,16H2,1H3,(H,17,20)(H,18,19). The van der Waals surface area contributed by atoms with E-state index in [2.05, 4.69) is 10.6 Å². The molecule has 1 aliphatic rings. The Morgan fingerprint density at radius 3 is 2.90 bits per heavy atom. The Balaban J connectivity index is 2.19. The largest absolute Gasteiger partial charge is 0.478 e. The number of halogens is 2.